The van der Waals surface area contributed by atoms with Gasteiger partial charge in [0.05, 0.1) is 13.1 Å². The van der Waals surface area contributed by atoms with Crippen LogP contribution in [0.2, 0.25) is 0 Å². The molecule has 0 amide bonds. The number of benzene rings is 1. The lowest BCUT2D eigenvalue weighted by molar-refractivity contribution is -0.120. The first-order chi connectivity index (χ1) is 12.8. The summed E-state index contributed by atoms with van der Waals surface area (Å²) in [6, 6.07) is 6.04. The number of hydrogen-bond acceptors (Lipinski definition) is 5. The summed E-state index contributed by atoms with van der Waals surface area (Å²) < 4.78 is 7.11. The number of fused-ring (bicyclic) bond motifs is 1. The van der Waals surface area contributed by atoms with E-state index in [0.29, 0.717) is 19.0 Å². The van der Waals surface area contributed by atoms with Crippen LogP contribution < -0.4 is 0 Å². The summed E-state index contributed by atoms with van der Waals surface area (Å²) in [6.45, 7) is 12.7. The van der Waals surface area contributed by atoms with E-state index in [1.165, 1.54) is 0 Å². The maximum atomic E-state index is 11.4. The van der Waals surface area contributed by atoms with Crippen molar-refractivity contribution in [3.8, 4) is 11.5 Å². The Kier molecular flexibility index (Phi) is 5.86. The Morgan fingerprint density at radius 1 is 1.44 bits per heavy atom. The zero-order valence-electron chi connectivity index (χ0n) is 16.4. The first-order valence-electron chi connectivity index (χ1n) is 9.12. The topological polar surface area (TPSA) is 49.6 Å². The van der Waals surface area contributed by atoms with E-state index in [1.807, 2.05) is 32.2 Å². The van der Waals surface area contributed by atoms with Gasteiger partial charge >= 0.3 is 0 Å². The van der Waals surface area contributed by atoms with Crippen LogP contribution in [0.3, 0.4) is 0 Å². The molecule has 1 aliphatic rings. The smallest absolute Gasteiger partial charge is 0.226 e. The molecule has 1 aromatic carbocycles. The third-order valence-corrected chi connectivity index (χ3v) is 5.99. The summed E-state index contributed by atoms with van der Waals surface area (Å²) in [5.41, 5.74) is 4.13. The summed E-state index contributed by atoms with van der Waals surface area (Å²) in [4.78, 5) is 20.5. The molecule has 0 saturated carbocycles. The van der Waals surface area contributed by atoms with Gasteiger partial charge in [0.2, 0.25) is 5.89 Å². The van der Waals surface area contributed by atoms with Crippen LogP contribution in [0.15, 0.2) is 39.4 Å². The quantitative estimate of drug-likeness (QED) is 0.649. The Morgan fingerprint density at radius 2 is 2.19 bits per heavy atom. The van der Waals surface area contributed by atoms with Crippen LogP contribution >= 0.6 is 15.9 Å². The molecule has 0 aliphatic carbocycles. The zero-order chi connectivity index (χ0) is 19.7. The van der Waals surface area contributed by atoms with Crippen molar-refractivity contribution in [2.24, 2.45) is 5.92 Å². The molecule has 2 heterocycles. The summed E-state index contributed by atoms with van der Waals surface area (Å²) in [5.74, 6) is 1.84. The van der Waals surface area contributed by atoms with Crippen LogP contribution in [0.4, 0.5) is 0 Å². The number of halogens is 1. The lowest BCUT2D eigenvalue weighted by Crippen LogP contribution is -2.32. The third kappa shape index (κ3) is 4.33. The fourth-order valence-corrected chi connectivity index (χ4v) is 3.66. The number of rotatable bonds is 7. The summed E-state index contributed by atoms with van der Waals surface area (Å²) in [7, 11) is 2.02. The largest absolute Gasteiger partial charge is 0.439 e. The number of ketones is 1. The van der Waals surface area contributed by atoms with Gasteiger partial charge in [0.25, 0.3) is 0 Å². The molecule has 5 nitrogen and oxygen atoms in total. The molecular weight excluding hydrogens is 406 g/mol. The van der Waals surface area contributed by atoms with E-state index in [1.54, 1.807) is 6.92 Å². The third-order valence-electron chi connectivity index (χ3n) is 5.13. The second kappa shape index (κ2) is 7.98. The van der Waals surface area contributed by atoms with Gasteiger partial charge in [-0.05, 0) is 38.6 Å². The Balaban J connectivity index is 1.63. The van der Waals surface area contributed by atoms with E-state index < -0.39 is 0 Å². The molecule has 1 atom stereocenters. The van der Waals surface area contributed by atoms with Gasteiger partial charge in [-0.25, -0.2) is 4.98 Å². The van der Waals surface area contributed by atoms with Crippen LogP contribution in [0.1, 0.15) is 30.9 Å². The number of Topliss-reactive ketones (excluding diaryl/α,β-unsaturated/α-hetero) is 1. The lowest BCUT2D eigenvalue weighted by Gasteiger charge is -2.26. The number of hydrogen-bond donors (Lipinski definition) is 0. The van der Waals surface area contributed by atoms with Gasteiger partial charge in [-0.2, -0.15) is 0 Å². The standard InChI is InChI=1S/C21H26BrN3O2/c1-13(16(4)26)9-24(5)10-14(2)25-11-19-20(12-25)27-21(23-19)17-7-6-8-18(22)15(17)3/h6-8,13H,2,9-12H2,1,3-5H3/t13-/m0/s1. The molecule has 27 heavy (non-hydrogen) atoms. The minimum Gasteiger partial charge on any atom is -0.439 e. The van der Waals surface area contributed by atoms with Crippen LogP contribution in [-0.2, 0) is 17.9 Å². The molecule has 1 aromatic heterocycles. The highest BCUT2D eigenvalue weighted by Crippen LogP contribution is 2.33. The monoisotopic (exact) mass is 431 g/mol. The molecule has 0 unspecified atom stereocenters. The molecule has 3 rings (SSSR count). The highest BCUT2D eigenvalue weighted by atomic mass is 79.9. The van der Waals surface area contributed by atoms with E-state index in [4.69, 9.17) is 9.40 Å². The second-order valence-electron chi connectivity index (χ2n) is 7.43. The van der Waals surface area contributed by atoms with Gasteiger partial charge < -0.3 is 9.32 Å². The fourth-order valence-electron chi connectivity index (χ4n) is 3.29. The van der Waals surface area contributed by atoms with Crippen molar-refractivity contribution in [2.75, 3.05) is 20.1 Å². The SMILES string of the molecule is C=C(CN(C)C[C@H](C)C(C)=O)N1Cc2nc(-c3cccc(Br)c3C)oc2C1. The highest BCUT2D eigenvalue weighted by molar-refractivity contribution is 9.10. The maximum absolute atomic E-state index is 11.4. The first-order valence-corrected chi connectivity index (χ1v) is 9.91. The van der Waals surface area contributed by atoms with E-state index in [-0.39, 0.29) is 11.7 Å². The van der Waals surface area contributed by atoms with Gasteiger partial charge in [-0.3, -0.25) is 9.69 Å². The summed E-state index contributed by atoms with van der Waals surface area (Å²) in [6.07, 6.45) is 0. The molecule has 0 radical (unpaired) electrons. The molecular formula is C21H26BrN3O2. The first kappa shape index (κ1) is 19.8. The minimum absolute atomic E-state index is 0.0356. The molecule has 0 bridgehead atoms. The van der Waals surface area contributed by atoms with Crippen molar-refractivity contribution >= 4 is 21.7 Å². The number of likely N-dealkylation sites (N-methyl/N-ethyl adjacent to an activating group) is 1. The summed E-state index contributed by atoms with van der Waals surface area (Å²) >= 11 is 3.56. The van der Waals surface area contributed by atoms with E-state index >= 15 is 0 Å². The average Bonchev–Trinajstić information content (AvgIpc) is 3.16. The zero-order valence-corrected chi connectivity index (χ0v) is 18.0. The van der Waals surface area contributed by atoms with Crippen molar-refractivity contribution in [3.05, 3.63) is 52.0 Å². The number of nitrogens with zero attached hydrogens (tertiary/aromatic N) is 3. The Labute approximate surface area is 169 Å². The summed E-state index contributed by atoms with van der Waals surface area (Å²) in [5, 5.41) is 0. The van der Waals surface area contributed by atoms with Gasteiger partial charge in [0.1, 0.15) is 17.2 Å². The van der Waals surface area contributed by atoms with Crippen molar-refractivity contribution in [2.45, 2.75) is 33.9 Å². The normalized spacial score (nSPS) is 14.5. The van der Waals surface area contributed by atoms with Crippen molar-refractivity contribution in [1.29, 1.82) is 0 Å². The van der Waals surface area contributed by atoms with Gasteiger partial charge in [-0.15, -0.1) is 0 Å². The number of carbonyl (C=O) groups is 1. The molecule has 0 spiro atoms. The number of carbonyl (C=O) groups excluding carboxylic acids is 1. The Hall–Kier alpha value is -1.92. The molecule has 2 aromatic rings. The number of aromatic nitrogens is 1. The lowest BCUT2D eigenvalue weighted by atomic mass is 10.1. The number of oxazole rings is 1. The van der Waals surface area contributed by atoms with Gasteiger partial charge in [-0.1, -0.05) is 35.5 Å². The van der Waals surface area contributed by atoms with Crippen LogP contribution in [0.5, 0.6) is 0 Å². The molecule has 1 aliphatic heterocycles. The molecule has 0 fully saturated rings. The molecule has 6 heteroatoms. The van der Waals surface area contributed by atoms with Crippen molar-refractivity contribution in [1.82, 2.24) is 14.8 Å². The highest BCUT2D eigenvalue weighted by Gasteiger charge is 2.27. The van der Waals surface area contributed by atoms with Crippen LogP contribution in [0.25, 0.3) is 11.5 Å². The van der Waals surface area contributed by atoms with Gasteiger partial charge in [0, 0.05) is 34.7 Å². The van der Waals surface area contributed by atoms with Crippen molar-refractivity contribution < 1.29 is 9.21 Å². The van der Waals surface area contributed by atoms with E-state index in [9.17, 15) is 4.79 Å². The van der Waals surface area contributed by atoms with Gasteiger partial charge in [0.15, 0.2) is 0 Å². The van der Waals surface area contributed by atoms with E-state index in [2.05, 4.69) is 39.2 Å². The molecule has 0 saturated heterocycles. The predicted molar refractivity (Wildman–Crippen MR) is 110 cm³/mol. The van der Waals surface area contributed by atoms with Crippen LogP contribution in [-0.4, -0.2) is 40.7 Å². The maximum Gasteiger partial charge on any atom is 0.226 e. The molecule has 0 N–H and O–H groups in total. The van der Waals surface area contributed by atoms with Crippen molar-refractivity contribution in [3.63, 3.8) is 0 Å². The average molecular weight is 432 g/mol. The van der Waals surface area contributed by atoms with Crippen LogP contribution in [0, 0.1) is 12.8 Å². The second-order valence-corrected chi connectivity index (χ2v) is 8.29. The fraction of sp³-hybridized carbons (Fsp3) is 0.429. The Bertz CT molecular complexity index is 851. The van der Waals surface area contributed by atoms with E-state index in [0.717, 1.165) is 45.8 Å². The predicted octanol–water partition coefficient (Wildman–Crippen LogP) is 4.40. The minimum atomic E-state index is 0.0356. The Morgan fingerprint density at radius 3 is 2.85 bits per heavy atom. The molecule has 144 valence electrons.